The van der Waals surface area contributed by atoms with Crippen LogP contribution in [0.15, 0.2) is 0 Å². The van der Waals surface area contributed by atoms with E-state index in [0.717, 1.165) is 0 Å². The van der Waals surface area contributed by atoms with E-state index >= 15 is 0 Å². The van der Waals surface area contributed by atoms with Crippen molar-refractivity contribution >= 4 is 58.5 Å². The third kappa shape index (κ3) is 32.0. The van der Waals surface area contributed by atoms with E-state index in [1.54, 1.807) is 0 Å². The molecule has 0 aromatic heterocycles. The van der Waals surface area contributed by atoms with Gasteiger partial charge in [-0.1, -0.05) is 0 Å². The van der Waals surface area contributed by atoms with Crippen molar-refractivity contribution in [2.45, 2.75) is 13.8 Å². The fourth-order valence-electron chi connectivity index (χ4n) is 0.236. The molecule has 0 spiro atoms. The molecule has 0 aromatic rings. The van der Waals surface area contributed by atoms with Crippen molar-refractivity contribution in [3.05, 3.63) is 0 Å². The summed E-state index contributed by atoms with van der Waals surface area (Å²) in [6.45, 7) is 4.86. The fraction of sp³-hybridized carbons (Fsp3) is 0.667. The molecular weight excluding hydrogens is 345 g/mol. The Morgan fingerprint density at radius 3 is 1.23 bits per heavy atom. The summed E-state index contributed by atoms with van der Waals surface area (Å²) in [4.78, 5) is 0. The van der Waals surface area contributed by atoms with Gasteiger partial charge >= 0.3 is 27.3 Å². The molecule has 0 aliphatic carbocycles. The van der Waals surface area contributed by atoms with Crippen molar-refractivity contribution in [3.8, 4) is 0 Å². The van der Waals surface area contributed by atoms with Gasteiger partial charge in [0.2, 0.25) is 0 Å². The topological polar surface area (TPSA) is 18.5 Å². The SMILES string of the molecule is CCOC(=S)[S-].CCOC(=S)[S-].[Cd+2]. The number of ether oxygens (including phenoxy) is 2. The molecule has 0 saturated carbocycles. The average Bonchev–Trinajstić information content (AvgIpc) is 1.87. The molecular formula is C6H10CdO2S4. The molecule has 0 saturated heterocycles. The minimum atomic E-state index is 0. The Morgan fingerprint density at radius 2 is 1.23 bits per heavy atom. The first-order valence-electron chi connectivity index (χ1n) is 3.22. The minimum absolute atomic E-state index is 0. The summed E-state index contributed by atoms with van der Waals surface area (Å²) in [5.41, 5.74) is 0. The van der Waals surface area contributed by atoms with Gasteiger partial charge in [-0.15, -0.1) is 0 Å². The number of hydrogen-bond acceptors (Lipinski definition) is 6. The minimum Gasteiger partial charge on any atom is -0.514 e. The maximum Gasteiger partial charge on any atom is 2.00 e. The van der Waals surface area contributed by atoms with Gasteiger partial charge in [0.25, 0.3) is 0 Å². The van der Waals surface area contributed by atoms with Crippen LogP contribution in [0.3, 0.4) is 0 Å². The zero-order chi connectivity index (χ0) is 9.98. The summed E-state index contributed by atoms with van der Waals surface area (Å²) in [5.74, 6) is 0. The van der Waals surface area contributed by atoms with Crippen LogP contribution < -0.4 is 0 Å². The van der Waals surface area contributed by atoms with Gasteiger partial charge < -0.3 is 59.2 Å². The van der Waals surface area contributed by atoms with E-state index in [4.69, 9.17) is 0 Å². The summed E-state index contributed by atoms with van der Waals surface area (Å²) in [6.07, 6.45) is 0. The second-order valence-electron chi connectivity index (χ2n) is 1.37. The first-order chi connectivity index (χ1) is 5.54. The van der Waals surface area contributed by atoms with Crippen molar-refractivity contribution in [1.29, 1.82) is 0 Å². The zero-order valence-corrected chi connectivity index (χ0v) is 14.9. The van der Waals surface area contributed by atoms with Crippen LogP contribution in [0.4, 0.5) is 0 Å². The summed E-state index contributed by atoms with van der Waals surface area (Å²) >= 11 is 17.5. The second kappa shape index (κ2) is 15.6. The third-order valence-corrected chi connectivity index (χ3v) is 0.996. The van der Waals surface area contributed by atoms with Gasteiger partial charge in [0.05, 0.1) is 13.2 Å². The van der Waals surface area contributed by atoms with Crippen LogP contribution in [0.1, 0.15) is 13.8 Å². The zero-order valence-electron chi connectivity index (χ0n) is 7.57. The molecule has 0 fully saturated rings. The van der Waals surface area contributed by atoms with E-state index < -0.39 is 0 Å². The molecule has 0 aromatic carbocycles. The van der Waals surface area contributed by atoms with Crippen molar-refractivity contribution in [3.63, 3.8) is 0 Å². The van der Waals surface area contributed by atoms with E-state index in [1.165, 1.54) is 0 Å². The van der Waals surface area contributed by atoms with Gasteiger partial charge in [-0.25, -0.2) is 0 Å². The second-order valence-corrected chi connectivity index (χ2v) is 3.37. The van der Waals surface area contributed by atoms with Crippen LogP contribution in [0.5, 0.6) is 0 Å². The van der Waals surface area contributed by atoms with Crippen molar-refractivity contribution < 1.29 is 36.8 Å². The molecule has 0 heterocycles. The quantitative estimate of drug-likeness (QED) is 0.424. The molecule has 2 nitrogen and oxygen atoms in total. The average molecular weight is 355 g/mol. The predicted octanol–water partition coefficient (Wildman–Crippen LogP) is 1.71. The molecule has 0 atom stereocenters. The maximum atomic E-state index is 4.59. The molecule has 0 bridgehead atoms. The maximum absolute atomic E-state index is 4.59. The monoisotopic (exact) mass is 356 g/mol. The van der Waals surface area contributed by atoms with Crippen LogP contribution in [-0.4, -0.2) is 22.0 Å². The third-order valence-electron chi connectivity index (χ3n) is 0.524. The van der Waals surface area contributed by atoms with E-state index in [2.05, 4.69) is 59.2 Å². The Morgan fingerprint density at radius 1 is 1.00 bits per heavy atom. The molecule has 0 aliphatic heterocycles. The van der Waals surface area contributed by atoms with Crippen LogP contribution in [0, 0.1) is 0 Å². The van der Waals surface area contributed by atoms with Gasteiger partial charge in [0, 0.05) is 8.77 Å². The molecule has 0 unspecified atom stereocenters. The molecule has 0 aliphatic rings. The standard InChI is InChI=1S/2C3H6OS2.Cd/c2*1-2-4-3(5)6;/h2*2H2,1H3,(H,5,6);/q;;+2/p-2. The Bertz CT molecular complexity index is 127. The molecule has 7 heteroatoms. The summed E-state index contributed by atoms with van der Waals surface area (Å²) in [5, 5.41) is 0. The molecule has 72 valence electrons. The normalized spacial score (nSPS) is 6.92. The Labute approximate surface area is 121 Å². The Hall–Kier alpha value is 1.14. The van der Waals surface area contributed by atoms with E-state index in [1.807, 2.05) is 13.8 Å². The number of hydrogen-bond donors (Lipinski definition) is 0. The van der Waals surface area contributed by atoms with Gasteiger partial charge in [0.1, 0.15) is 0 Å². The molecule has 0 rings (SSSR count). The molecule has 13 heavy (non-hydrogen) atoms. The van der Waals surface area contributed by atoms with Crippen LogP contribution in [0.25, 0.3) is 0 Å². The van der Waals surface area contributed by atoms with Crippen molar-refractivity contribution in [2.24, 2.45) is 0 Å². The smallest absolute Gasteiger partial charge is 0.514 e. The first kappa shape index (κ1) is 19.7. The van der Waals surface area contributed by atoms with Crippen LogP contribution >= 0.6 is 24.4 Å². The molecule has 0 amide bonds. The summed E-state index contributed by atoms with van der Waals surface area (Å²) in [6, 6.07) is 0. The van der Waals surface area contributed by atoms with E-state index in [-0.39, 0.29) is 36.1 Å². The molecule has 0 N–H and O–H groups in total. The van der Waals surface area contributed by atoms with Gasteiger partial charge in [-0.3, -0.25) is 0 Å². The van der Waals surface area contributed by atoms with E-state index in [9.17, 15) is 0 Å². The van der Waals surface area contributed by atoms with Crippen LogP contribution in [-0.2, 0) is 62.0 Å². The van der Waals surface area contributed by atoms with Crippen molar-refractivity contribution in [1.82, 2.24) is 0 Å². The van der Waals surface area contributed by atoms with Gasteiger partial charge in [-0.05, 0) is 13.8 Å². The van der Waals surface area contributed by atoms with Gasteiger partial charge in [0.15, 0.2) is 0 Å². The van der Waals surface area contributed by atoms with Gasteiger partial charge in [-0.2, -0.15) is 0 Å². The predicted molar refractivity (Wildman–Crippen MR) is 63.2 cm³/mol. The number of thiocarbonyl (C=S) groups is 2. The summed E-state index contributed by atoms with van der Waals surface area (Å²) in [7, 11) is 0. The van der Waals surface area contributed by atoms with E-state index in [0.29, 0.717) is 13.2 Å². The fourth-order valence-corrected chi connectivity index (χ4v) is 0.707. The number of rotatable bonds is 2. The summed E-state index contributed by atoms with van der Waals surface area (Å²) < 4.78 is 9.59. The Kier molecular flexibility index (Phi) is 23.6. The Balaban J connectivity index is -0.000000143. The molecule has 0 radical (unpaired) electrons. The van der Waals surface area contributed by atoms with Crippen LogP contribution in [0.2, 0.25) is 0 Å². The van der Waals surface area contributed by atoms with Crippen molar-refractivity contribution in [2.75, 3.05) is 13.2 Å². The largest absolute Gasteiger partial charge is 2.00 e. The first-order valence-corrected chi connectivity index (χ1v) is 4.85.